The third-order valence-electron chi connectivity index (χ3n) is 6.92. The molecule has 3 heterocycles. The Labute approximate surface area is 261 Å². The van der Waals surface area contributed by atoms with Crippen LogP contribution in [0.1, 0.15) is 33.0 Å². The molecule has 2 N–H and O–H groups in total. The van der Waals surface area contributed by atoms with Crippen molar-refractivity contribution in [3.63, 3.8) is 0 Å². The SMILES string of the molecule is COc1cc2c(Oc3cccc(NC(=O)Nc4cc(C(C)(C)C)on4)c3)ncnc2cc1OCCCN1CCS(=S=O)CC1. The van der Waals surface area contributed by atoms with E-state index in [1.165, 1.54) is 6.33 Å². The Balaban J connectivity index is 1.21. The lowest BCUT2D eigenvalue weighted by atomic mass is 9.93. The average Bonchev–Trinajstić information content (AvgIpc) is 3.49. The highest BCUT2D eigenvalue weighted by Crippen LogP contribution is 2.36. The molecule has 2 aromatic heterocycles. The minimum atomic E-state index is -0.469. The molecule has 5 rings (SSSR count). The van der Waals surface area contributed by atoms with Crippen molar-refractivity contribution < 1.29 is 27.7 Å². The lowest BCUT2D eigenvalue weighted by molar-refractivity contribution is 0.242. The molecule has 0 unspecified atom stereocenters. The van der Waals surface area contributed by atoms with Crippen LogP contribution in [0, 0.1) is 0 Å². The maximum atomic E-state index is 12.6. The monoisotopic (exact) mass is 640 g/mol. The van der Waals surface area contributed by atoms with Crippen molar-refractivity contribution in [3.05, 3.63) is 54.6 Å². The van der Waals surface area contributed by atoms with Gasteiger partial charge in [-0.2, -0.15) is 0 Å². The van der Waals surface area contributed by atoms with Crippen LogP contribution >= 0.6 is 0 Å². The van der Waals surface area contributed by atoms with E-state index in [-0.39, 0.29) is 14.9 Å². The highest BCUT2D eigenvalue weighted by Gasteiger charge is 2.20. The van der Waals surface area contributed by atoms with E-state index < -0.39 is 6.03 Å². The zero-order valence-corrected chi connectivity index (χ0v) is 26.8. The number of nitrogens with one attached hydrogen (secondary N) is 2. The van der Waals surface area contributed by atoms with Gasteiger partial charge in [-0.3, -0.25) is 5.32 Å². The molecule has 0 bridgehead atoms. The Kier molecular flexibility index (Phi) is 10.1. The van der Waals surface area contributed by atoms with Crippen LogP contribution in [-0.4, -0.2) is 75.1 Å². The van der Waals surface area contributed by atoms with E-state index in [9.17, 15) is 9.00 Å². The van der Waals surface area contributed by atoms with Gasteiger partial charge in [0, 0.05) is 60.4 Å². The summed E-state index contributed by atoms with van der Waals surface area (Å²) in [7, 11) is 2.31. The van der Waals surface area contributed by atoms with Crippen LogP contribution in [0.2, 0.25) is 0 Å². The van der Waals surface area contributed by atoms with E-state index in [0.717, 1.165) is 47.8 Å². The maximum Gasteiger partial charge on any atom is 0.324 e. The van der Waals surface area contributed by atoms with Gasteiger partial charge in [-0.25, -0.2) is 19.0 Å². The van der Waals surface area contributed by atoms with Crippen LogP contribution in [0.4, 0.5) is 16.3 Å². The predicted molar refractivity (Wildman–Crippen MR) is 172 cm³/mol. The van der Waals surface area contributed by atoms with Gasteiger partial charge in [0.25, 0.3) is 0 Å². The molecule has 1 aliphatic rings. The maximum absolute atomic E-state index is 12.6. The minimum absolute atomic E-state index is 0.0299. The summed E-state index contributed by atoms with van der Waals surface area (Å²) in [5, 5.41) is 10.0. The van der Waals surface area contributed by atoms with Crippen molar-refractivity contribution in [2.24, 2.45) is 0 Å². The van der Waals surface area contributed by atoms with Gasteiger partial charge < -0.3 is 29.0 Å². The smallest absolute Gasteiger partial charge is 0.324 e. The first-order valence-electron chi connectivity index (χ1n) is 14.2. The van der Waals surface area contributed by atoms with E-state index in [1.54, 1.807) is 43.5 Å². The zero-order chi connectivity index (χ0) is 31.1. The van der Waals surface area contributed by atoms with Gasteiger partial charge in [0.05, 0.1) is 24.6 Å². The molecule has 1 fully saturated rings. The number of carbonyl (C=O) groups excluding carboxylic acids is 1. The molecule has 1 aliphatic heterocycles. The molecule has 44 heavy (non-hydrogen) atoms. The van der Waals surface area contributed by atoms with Crippen molar-refractivity contribution in [2.75, 3.05) is 55.5 Å². The van der Waals surface area contributed by atoms with Crippen LogP contribution in [0.15, 0.2) is 53.3 Å². The lowest BCUT2D eigenvalue weighted by Crippen LogP contribution is -2.38. The summed E-state index contributed by atoms with van der Waals surface area (Å²) in [5.41, 5.74) is 0.927. The molecule has 4 aromatic rings. The second-order valence-corrected chi connectivity index (χ2v) is 14.8. The third kappa shape index (κ3) is 8.12. The molecule has 1 saturated heterocycles. The largest absolute Gasteiger partial charge is 0.493 e. The molecule has 0 saturated carbocycles. The number of ether oxygens (including phenoxy) is 3. The number of fused-ring (bicyclic) bond motifs is 1. The molecule has 2 amide bonds. The molecule has 2 aromatic carbocycles. The molecular weight excluding hydrogens is 605 g/mol. The third-order valence-corrected chi connectivity index (χ3v) is 9.97. The quantitative estimate of drug-likeness (QED) is 0.223. The van der Waals surface area contributed by atoms with Crippen LogP contribution in [0.5, 0.6) is 23.1 Å². The molecule has 234 valence electrons. The van der Waals surface area contributed by atoms with E-state index in [2.05, 4.69) is 30.7 Å². The second-order valence-electron chi connectivity index (χ2n) is 11.2. The number of amides is 2. The van der Waals surface area contributed by atoms with E-state index in [4.69, 9.17) is 18.7 Å². The molecule has 0 radical (unpaired) electrons. The number of hydrogen-bond donors (Lipinski definition) is 2. The number of benzene rings is 2. The summed E-state index contributed by atoms with van der Waals surface area (Å²) in [5.74, 6) is 4.86. The van der Waals surface area contributed by atoms with E-state index >= 15 is 0 Å². The van der Waals surface area contributed by atoms with Gasteiger partial charge in [-0.05, 0) is 24.6 Å². The topological polar surface area (TPSA) is 141 Å². The number of methoxy groups -OCH3 is 1. The van der Waals surface area contributed by atoms with Crippen LogP contribution in [-0.2, 0) is 25.1 Å². The summed E-state index contributed by atoms with van der Waals surface area (Å²) in [6, 6.07) is 11.8. The highest BCUT2D eigenvalue weighted by molar-refractivity contribution is 8.31. The summed E-state index contributed by atoms with van der Waals surface area (Å²) in [6.45, 7) is 9.37. The summed E-state index contributed by atoms with van der Waals surface area (Å²) >= 11 is 0. The Morgan fingerprint density at radius 3 is 2.64 bits per heavy atom. The van der Waals surface area contributed by atoms with Gasteiger partial charge in [-0.1, -0.05) is 41.4 Å². The van der Waals surface area contributed by atoms with Crippen LogP contribution < -0.4 is 24.8 Å². The van der Waals surface area contributed by atoms with E-state index in [0.29, 0.717) is 57.9 Å². The number of nitrogens with zero attached hydrogens (tertiary/aromatic N) is 4. The Morgan fingerprint density at radius 2 is 1.91 bits per heavy atom. The first-order chi connectivity index (χ1) is 21.2. The fourth-order valence-corrected chi connectivity index (χ4v) is 6.67. The Morgan fingerprint density at radius 1 is 1.09 bits per heavy atom. The second kappa shape index (κ2) is 14.2. The molecule has 12 nitrogen and oxygen atoms in total. The summed E-state index contributed by atoms with van der Waals surface area (Å²) in [4.78, 5) is 23.7. The van der Waals surface area contributed by atoms with Crippen LogP contribution in [0.3, 0.4) is 0 Å². The number of urea groups is 1. The fourth-order valence-electron chi connectivity index (χ4n) is 4.55. The van der Waals surface area contributed by atoms with Crippen molar-refractivity contribution in [2.45, 2.75) is 32.6 Å². The van der Waals surface area contributed by atoms with Crippen molar-refractivity contribution in [3.8, 4) is 23.1 Å². The lowest BCUT2D eigenvalue weighted by Gasteiger charge is -2.27. The van der Waals surface area contributed by atoms with Crippen molar-refractivity contribution in [1.29, 1.82) is 0 Å². The standard InChI is InChI=1S/C30H36N6O6S2/c1-30(2,3)26-18-27(35-42-26)34-29(37)33-20-7-5-8-21(15-20)41-28-22-16-24(39-4)25(17-23(22)31-19-32-28)40-12-6-9-36-10-13-44(43-38)14-11-36/h5,7-8,15-19H,6,9-14H2,1-4H3,(H2,33,34,35,37). The Hall–Kier alpha value is -4.01. The number of carbonyl (C=O) groups is 1. The first-order valence-corrected chi connectivity index (χ1v) is 17.0. The van der Waals surface area contributed by atoms with Crippen molar-refractivity contribution >= 4 is 48.1 Å². The average molecular weight is 641 g/mol. The summed E-state index contributed by atoms with van der Waals surface area (Å²) in [6.07, 6.45) is 2.29. The van der Waals surface area contributed by atoms with Gasteiger partial charge in [0.1, 0.15) is 28.1 Å². The van der Waals surface area contributed by atoms with Crippen molar-refractivity contribution in [1.82, 2.24) is 20.0 Å². The van der Waals surface area contributed by atoms with Crippen LogP contribution in [0.25, 0.3) is 10.9 Å². The number of rotatable bonds is 10. The van der Waals surface area contributed by atoms with E-state index in [1.807, 2.05) is 26.8 Å². The molecule has 0 spiro atoms. The minimum Gasteiger partial charge on any atom is -0.493 e. The Bertz CT molecular complexity index is 1670. The number of aromatic nitrogens is 3. The predicted octanol–water partition coefficient (Wildman–Crippen LogP) is 5.19. The first kappa shape index (κ1) is 31.4. The summed E-state index contributed by atoms with van der Waals surface area (Å²) < 4.78 is 34.2. The molecule has 0 atom stereocenters. The van der Waals surface area contributed by atoms with Gasteiger partial charge in [0.15, 0.2) is 17.3 Å². The highest BCUT2D eigenvalue weighted by atomic mass is 32.8. The number of hydrogen-bond acceptors (Lipinski definition) is 10. The van der Waals surface area contributed by atoms with Gasteiger partial charge >= 0.3 is 6.03 Å². The molecule has 0 aliphatic carbocycles. The number of anilines is 2. The van der Waals surface area contributed by atoms with Gasteiger partial charge in [-0.15, -0.1) is 0 Å². The zero-order valence-electron chi connectivity index (χ0n) is 25.1. The van der Waals surface area contributed by atoms with Gasteiger partial charge in [0.2, 0.25) is 5.88 Å². The normalized spacial score (nSPS) is 14.3. The molecule has 14 heteroatoms. The molecular formula is C30H36N6O6S2. The fraction of sp³-hybridized carbons (Fsp3) is 0.400.